The number of hydrogen-bond donors (Lipinski definition) is 2. The van der Waals surface area contributed by atoms with Gasteiger partial charge in [-0.2, -0.15) is 18.3 Å². The quantitative estimate of drug-likeness (QED) is 0.887. The van der Waals surface area contributed by atoms with Crippen molar-refractivity contribution in [3.8, 4) is 0 Å². The minimum Gasteiger partial charge on any atom is -0.373 e. The van der Waals surface area contributed by atoms with Crippen LogP contribution in [0.15, 0.2) is 18.3 Å². The predicted octanol–water partition coefficient (Wildman–Crippen LogP) is 2.79. The number of fused-ring (bicyclic) bond motifs is 1. The summed E-state index contributed by atoms with van der Waals surface area (Å²) in [5, 5.41) is 9.67. The van der Waals surface area contributed by atoms with Gasteiger partial charge in [-0.05, 0) is 19.1 Å². The smallest absolute Gasteiger partial charge is 0.373 e. The molecule has 8 heteroatoms. The van der Waals surface area contributed by atoms with Crippen molar-refractivity contribution in [1.82, 2.24) is 15.5 Å². The number of anilines is 1. The van der Waals surface area contributed by atoms with Crippen LogP contribution in [0.5, 0.6) is 0 Å². The minimum atomic E-state index is -4.44. The summed E-state index contributed by atoms with van der Waals surface area (Å²) in [5.74, 6) is -0.480. The third-order valence-electron chi connectivity index (χ3n) is 3.62. The zero-order valence-electron chi connectivity index (χ0n) is 13.2. The summed E-state index contributed by atoms with van der Waals surface area (Å²) >= 11 is 0. The number of aromatic amines is 1. The number of carbonyl (C=O) groups is 1. The molecule has 1 heterocycles. The molecule has 23 heavy (non-hydrogen) atoms. The molecule has 0 saturated carbocycles. The van der Waals surface area contributed by atoms with E-state index < -0.39 is 11.7 Å². The van der Waals surface area contributed by atoms with Crippen molar-refractivity contribution in [2.24, 2.45) is 5.92 Å². The second-order valence-electron chi connectivity index (χ2n) is 5.50. The van der Waals surface area contributed by atoms with E-state index in [2.05, 4.69) is 15.5 Å². The number of hydrogen-bond acceptors (Lipinski definition) is 3. The van der Waals surface area contributed by atoms with Gasteiger partial charge in [-0.3, -0.25) is 9.89 Å². The number of rotatable bonds is 5. The third kappa shape index (κ3) is 3.75. The maximum Gasteiger partial charge on any atom is 0.416 e. The lowest BCUT2D eigenvalue weighted by molar-refractivity contribution is -0.137. The van der Waals surface area contributed by atoms with E-state index in [0.717, 1.165) is 12.1 Å². The van der Waals surface area contributed by atoms with Crippen LogP contribution in [0, 0.1) is 5.92 Å². The molecule has 2 N–H and O–H groups in total. The monoisotopic (exact) mass is 328 g/mol. The van der Waals surface area contributed by atoms with Crippen LogP contribution in [0.4, 0.5) is 18.9 Å². The zero-order valence-corrected chi connectivity index (χ0v) is 13.2. The van der Waals surface area contributed by atoms with E-state index in [0.29, 0.717) is 29.7 Å². The van der Waals surface area contributed by atoms with Gasteiger partial charge in [0.1, 0.15) is 0 Å². The number of aromatic nitrogens is 2. The van der Waals surface area contributed by atoms with E-state index in [4.69, 9.17) is 0 Å². The van der Waals surface area contributed by atoms with Crippen LogP contribution in [0.2, 0.25) is 0 Å². The number of amides is 1. The van der Waals surface area contributed by atoms with E-state index in [1.54, 1.807) is 18.9 Å². The van der Waals surface area contributed by atoms with E-state index in [9.17, 15) is 18.0 Å². The molecule has 0 unspecified atom stereocenters. The van der Waals surface area contributed by atoms with Gasteiger partial charge in [-0.15, -0.1) is 0 Å². The standard InChI is InChI=1S/C15H19F3N4O/c1-4-19-14(23)9(2)8-22(3)13-6-10(15(16,17)18)5-12-11(13)7-20-21-12/h5-7,9H,4,8H2,1-3H3,(H,19,23)(H,20,21)/t9-/m1/s1. The lowest BCUT2D eigenvalue weighted by Crippen LogP contribution is -2.36. The number of benzene rings is 1. The molecule has 0 aliphatic rings. The normalized spacial score (nSPS) is 13.1. The van der Waals surface area contributed by atoms with Gasteiger partial charge in [-0.1, -0.05) is 6.92 Å². The molecule has 0 bridgehead atoms. The SMILES string of the molecule is CCNC(=O)[C@H](C)CN(C)c1cc(C(F)(F)F)cc2[nH]ncc12. The molecule has 0 fully saturated rings. The molecule has 1 aromatic heterocycles. The molecule has 1 atom stereocenters. The highest BCUT2D eigenvalue weighted by molar-refractivity contribution is 5.92. The summed E-state index contributed by atoms with van der Waals surface area (Å²) in [4.78, 5) is 13.5. The molecule has 0 saturated heterocycles. The summed E-state index contributed by atoms with van der Waals surface area (Å²) in [6.45, 7) is 4.37. The molecular formula is C15H19F3N4O. The van der Waals surface area contributed by atoms with Crippen LogP contribution in [0.25, 0.3) is 10.9 Å². The zero-order chi connectivity index (χ0) is 17.2. The van der Waals surface area contributed by atoms with E-state index in [-0.39, 0.29) is 11.8 Å². The van der Waals surface area contributed by atoms with Crippen molar-refractivity contribution >= 4 is 22.5 Å². The first-order chi connectivity index (χ1) is 10.7. The summed E-state index contributed by atoms with van der Waals surface area (Å²) in [6, 6.07) is 2.12. The first kappa shape index (κ1) is 17.1. The van der Waals surface area contributed by atoms with Crippen LogP contribution in [-0.2, 0) is 11.0 Å². The third-order valence-corrected chi connectivity index (χ3v) is 3.62. The Hall–Kier alpha value is -2.25. The number of halogens is 3. The fourth-order valence-electron chi connectivity index (χ4n) is 2.45. The fraction of sp³-hybridized carbons (Fsp3) is 0.467. The molecule has 0 aliphatic heterocycles. The van der Waals surface area contributed by atoms with Gasteiger partial charge in [0.05, 0.1) is 23.2 Å². The second kappa shape index (κ2) is 6.47. The van der Waals surface area contributed by atoms with Crippen molar-refractivity contribution in [3.63, 3.8) is 0 Å². The Balaban J connectivity index is 2.34. The van der Waals surface area contributed by atoms with Crippen LogP contribution in [0.1, 0.15) is 19.4 Å². The molecular weight excluding hydrogens is 309 g/mol. The van der Waals surface area contributed by atoms with E-state index >= 15 is 0 Å². The number of nitrogens with zero attached hydrogens (tertiary/aromatic N) is 2. The van der Waals surface area contributed by atoms with Crippen LogP contribution < -0.4 is 10.2 Å². The van der Waals surface area contributed by atoms with E-state index in [1.807, 2.05) is 6.92 Å². The largest absolute Gasteiger partial charge is 0.416 e. The summed E-state index contributed by atoms with van der Waals surface area (Å²) < 4.78 is 39.1. The van der Waals surface area contributed by atoms with Crippen molar-refractivity contribution in [1.29, 1.82) is 0 Å². The maximum atomic E-state index is 13.0. The highest BCUT2D eigenvalue weighted by Crippen LogP contribution is 2.36. The number of alkyl halides is 3. The second-order valence-corrected chi connectivity index (χ2v) is 5.50. The highest BCUT2D eigenvalue weighted by atomic mass is 19.4. The summed E-state index contributed by atoms with van der Waals surface area (Å²) in [7, 11) is 1.66. The molecule has 2 rings (SSSR count). The van der Waals surface area contributed by atoms with Gasteiger partial charge in [0.25, 0.3) is 0 Å². The Labute approximate surface area is 131 Å². The summed E-state index contributed by atoms with van der Waals surface area (Å²) in [5.41, 5.74) is -0.0474. The van der Waals surface area contributed by atoms with Gasteiger partial charge in [0, 0.05) is 31.2 Å². The topological polar surface area (TPSA) is 61.0 Å². The maximum absolute atomic E-state index is 13.0. The molecule has 0 aliphatic carbocycles. The Morgan fingerprint density at radius 2 is 2.13 bits per heavy atom. The van der Waals surface area contributed by atoms with Gasteiger partial charge in [0.2, 0.25) is 5.91 Å². The molecule has 0 radical (unpaired) electrons. The number of nitrogens with one attached hydrogen (secondary N) is 2. The Bertz CT molecular complexity index is 696. The highest BCUT2D eigenvalue weighted by Gasteiger charge is 2.32. The molecule has 2 aromatic rings. The lowest BCUT2D eigenvalue weighted by atomic mass is 10.1. The number of H-pyrrole nitrogens is 1. The fourth-order valence-corrected chi connectivity index (χ4v) is 2.45. The van der Waals surface area contributed by atoms with E-state index in [1.165, 1.54) is 6.20 Å². The van der Waals surface area contributed by atoms with Crippen LogP contribution in [0.3, 0.4) is 0 Å². The average molecular weight is 328 g/mol. The van der Waals surface area contributed by atoms with Gasteiger partial charge >= 0.3 is 6.18 Å². The average Bonchev–Trinajstić information content (AvgIpc) is 2.93. The number of carbonyl (C=O) groups excluding carboxylic acids is 1. The Morgan fingerprint density at radius 1 is 1.43 bits per heavy atom. The molecule has 1 aromatic carbocycles. The van der Waals surface area contributed by atoms with Crippen LogP contribution >= 0.6 is 0 Å². The first-order valence-electron chi connectivity index (χ1n) is 7.27. The minimum absolute atomic E-state index is 0.130. The Kier molecular flexibility index (Phi) is 4.82. The predicted molar refractivity (Wildman–Crippen MR) is 82.2 cm³/mol. The van der Waals surface area contributed by atoms with Gasteiger partial charge in [0.15, 0.2) is 0 Å². The van der Waals surface area contributed by atoms with Crippen molar-refractivity contribution in [2.45, 2.75) is 20.0 Å². The molecule has 5 nitrogen and oxygen atoms in total. The Morgan fingerprint density at radius 3 is 2.74 bits per heavy atom. The van der Waals surface area contributed by atoms with Crippen molar-refractivity contribution in [3.05, 3.63) is 23.9 Å². The lowest BCUT2D eigenvalue weighted by Gasteiger charge is -2.24. The first-order valence-corrected chi connectivity index (χ1v) is 7.27. The van der Waals surface area contributed by atoms with Gasteiger partial charge < -0.3 is 10.2 Å². The van der Waals surface area contributed by atoms with Gasteiger partial charge in [-0.25, -0.2) is 0 Å². The molecule has 0 spiro atoms. The molecule has 1 amide bonds. The molecule has 126 valence electrons. The van der Waals surface area contributed by atoms with Crippen LogP contribution in [-0.4, -0.2) is 36.2 Å². The summed E-state index contributed by atoms with van der Waals surface area (Å²) in [6.07, 6.45) is -2.96. The van der Waals surface area contributed by atoms with Crippen molar-refractivity contribution < 1.29 is 18.0 Å². The van der Waals surface area contributed by atoms with Crippen molar-refractivity contribution in [2.75, 3.05) is 25.0 Å².